The van der Waals surface area contributed by atoms with Gasteiger partial charge in [0.2, 0.25) is 5.76 Å². The third kappa shape index (κ3) is 4.15. The second-order valence-electron chi connectivity index (χ2n) is 8.21. The summed E-state index contributed by atoms with van der Waals surface area (Å²) in [5, 5.41) is 10.1. The van der Waals surface area contributed by atoms with Crippen molar-refractivity contribution in [2.75, 3.05) is 19.8 Å². The van der Waals surface area contributed by atoms with Crippen LogP contribution in [0, 0.1) is 0 Å². The molecule has 1 aliphatic heterocycles. The van der Waals surface area contributed by atoms with Crippen LogP contribution >= 0.6 is 0 Å². The predicted molar refractivity (Wildman–Crippen MR) is 131 cm³/mol. The van der Waals surface area contributed by atoms with E-state index >= 15 is 0 Å². The fourth-order valence-electron chi connectivity index (χ4n) is 4.47. The fraction of sp³-hybridized carbons (Fsp3) is 0.214. The Morgan fingerprint density at radius 2 is 1.71 bits per heavy atom. The Morgan fingerprint density at radius 1 is 0.943 bits per heavy atom. The topological polar surface area (TPSA) is 89.2 Å². The van der Waals surface area contributed by atoms with Crippen molar-refractivity contribution in [2.45, 2.75) is 19.6 Å². The molecule has 5 rings (SSSR count). The van der Waals surface area contributed by atoms with Crippen molar-refractivity contribution in [3.63, 3.8) is 0 Å². The molecular formula is C28H25NO6. The Hall–Kier alpha value is -4.10. The summed E-state index contributed by atoms with van der Waals surface area (Å²) < 4.78 is 17.8. The number of aliphatic hydroxyl groups is 1. The van der Waals surface area contributed by atoms with Gasteiger partial charge >= 0.3 is 0 Å². The third-order valence-corrected chi connectivity index (χ3v) is 6.03. The molecular weight excluding hydrogens is 446 g/mol. The minimum Gasteiger partial charge on any atom is -0.490 e. The standard InChI is InChI=1S/C28H25NO6/c1-2-33-23-16-19(12-13-22(23)34-17-18-8-4-3-5-9-18)25-24-26(31)20-10-6-7-11-21(20)35-27(24)28(32)29(25)14-15-30/h3-13,16,25,30H,2,14-15,17H2,1H3/t25-/m1/s1. The maximum atomic E-state index is 13.5. The molecule has 1 atom stereocenters. The van der Waals surface area contributed by atoms with Gasteiger partial charge < -0.3 is 23.9 Å². The molecule has 1 aromatic heterocycles. The van der Waals surface area contributed by atoms with Crippen molar-refractivity contribution in [2.24, 2.45) is 0 Å². The van der Waals surface area contributed by atoms with E-state index in [9.17, 15) is 14.7 Å². The molecule has 0 fully saturated rings. The number of para-hydroxylation sites is 1. The van der Waals surface area contributed by atoms with E-state index in [2.05, 4.69) is 0 Å². The van der Waals surface area contributed by atoms with Gasteiger partial charge in [0.1, 0.15) is 12.2 Å². The molecule has 1 N–H and O–H groups in total. The van der Waals surface area contributed by atoms with Crippen LogP contribution in [-0.4, -0.2) is 35.7 Å². The van der Waals surface area contributed by atoms with Crippen molar-refractivity contribution in [1.82, 2.24) is 4.90 Å². The van der Waals surface area contributed by atoms with Crippen LogP contribution < -0.4 is 14.9 Å². The van der Waals surface area contributed by atoms with Gasteiger partial charge in [-0.1, -0.05) is 48.5 Å². The smallest absolute Gasteiger partial charge is 0.290 e. The first-order valence-corrected chi connectivity index (χ1v) is 11.5. The number of aliphatic hydroxyl groups excluding tert-OH is 1. The summed E-state index contributed by atoms with van der Waals surface area (Å²) in [6, 6.07) is 21.3. The molecule has 1 amide bonds. The van der Waals surface area contributed by atoms with Gasteiger partial charge in [0.25, 0.3) is 5.91 Å². The van der Waals surface area contributed by atoms with Crippen LogP contribution in [0.15, 0.2) is 82.0 Å². The van der Waals surface area contributed by atoms with Crippen molar-refractivity contribution in [3.8, 4) is 11.5 Å². The lowest BCUT2D eigenvalue weighted by molar-refractivity contribution is 0.0691. The molecule has 0 saturated carbocycles. The zero-order valence-corrected chi connectivity index (χ0v) is 19.3. The minimum absolute atomic E-state index is 0.00881. The molecule has 7 nitrogen and oxygen atoms in total. The molecule has 2 heterocycles. The van der Waals surface area contributed by atoms with E-state index in [0.717, 1.165) is 5.56 Å². The van der Waals surface area contributed by atoms with E-state index in [1.807, 2.05) is 43.3 Å². The largest absolute Gasteiger partial charge is 0.490 e. The number of hydrogen-bond donors (Lipinski definition) is 1. The second kappa shape index (κ2) is 9.64. The van der Waals surface area contributed by atoms with E-state index in [-0.39, 0.29) is 29.9 Å². The number of amides is 1. The Labute approximate surface area is 202 Å². The van der Waals surface area contributed by atoms with Crippen LogP contribution in [0.1, 0.15) is 40.2 Å². The quantitative estimate of drug-likeness (QED) is 0.412. The molecule has 3 aromatic carbocycles. The third-order valence-electron chi connectivity index (χ3n) is 6.03. The Balaban J connectivity index is 1.58. The van der Waals surface area contributed by atoms with Crippen molar-refractivity contribution < 1.29 is 23.8 Å². The van der Waals surface area contributed by atoms with Crippen LogP contribution in [0.4, 0.5) is 0 Å². The Bertz CT molecular complexity index is 1430. The summed E-state index contributed by atoms with van der Waals surface area (Å²) in [6.07, 6.45) is 0. The SMILES string of the molecule is CCOc1cc([C@@H]2c3c(oc4ccccc4c3=O)C(=O)N2CCO)ccc1OCc1ccccc1. The Kier molecular flexibility index (Phi) is 6.25. The molecule has 0 aliphatic carbocycles. The average molecular weight is 472 g/mol. The first kappa shape index (κ1) is 22.7. The van der Waals surface area contributed by atoms with Crippen molar-refractivity contribution in [1.29, 1.82) is 0 Å². The number of rotatable bonds is 8. The summed E-state index contributed by atoms with van der Waals surface area (Å²) in [5.41, 5.74) is 2.05. The highest BCUT2D eigenvalue weighted by Gasteiger charge is 2.42. The average Bonchev–Trinajstić information content (AvgIpc) is 3.16. The van der Waals surface area contributed by atoms with Gasteiger partial charge in [-0.05, 0) is 42.3 Å². The molecule has 0 unspecified atom stereocenters. The van der Waals surface area contributed by atoms with Gasteiger partial charge in [-0.3, -0.25) is 9.59 Å². The second-order valence-corrected chi connectivity index (χ2v) is 8.21. The summed E-state index contributed by atoms with van der Waals surface area (Å²) in [6.45, 7) is 2.47. The molecule has 0 spiro atoms. The number of carbonyl (C=O) groups is 1. The van der Waals surface area contributed by atoms with Crippen LogP contribution in [0.2, 0.25) is 0 Å². The normalized spacial score (nSPS) is 14.9. The van der Waals surface area contributed by atoms with E-state index in [0.29, 0.717) is 41.2 Å². The first-order chi connectivity index (χ1) is 17.1. The Morgan fingerprint density at radius 3 is 2.49 bits per heavy atom. The lowest BCUT2D eigenvalue weighted by Crippen LogP contribution is -2.32. The maximum Gasteiger partial charge on any atom is 0.290 e. The summed E-state index contributed by atoms with van der Waals surface area (Å²) in [7, 11) is 0. The number of fused-ring (bicyclic) bond motifs is 2. The number of carbonyl (C=O) groups excluding carboxylic acids is 1. The molecule has 0 bridgehead atoms. The lowest BCUT2D eigenvalue weighted by Gasteiger charge is -2.25. The van der Waals surface area contributed by atoms with E-state index in [4.69, 9.17) is 13.9 Å². The fourth-order valence-corrected chi connectivity index (χ4v) is 4.47. The van der Waals surface area contributed by atoms with E-state index < -0.39 is 11.9 Å². The molecule has 35 heavy (non-hydrogen) atoms. The number of hydrogen-bond acceptors (Lipinski definition) is 6. The van der Waals surface area contributed by atoms with Gasteiger partial charge in [-0.15, -0.1) is 0 Å². The van der Waals surface area contributed by atoms with Crippen LogP contribution in [-0.2, 0) is 6.61 Å². The molecule has 1 aliphatic rings. The molecule has 178 valence electrons. The van der Waals surface area contributed by atoms with Crippen molar-refractivity contribution >= 4 is 16.9 Å². The number of nitrogens with zero attached hydrogens (tertiary/aromatic N) is 1. The van der Waals surface area contributed by atoms with Crippen molar-refractivity contribution in [3.05, 3.63) is 105 Å². The lowest BCUT2D eigenvalue weighted by atomic mass is 9.98. The number of ether oxygens (including phenoxy) is 2. The zero-order chi connectivity index (χ0) is 24.4. The van der Waals surface area contributed by atoms with E-state index in [1.165, 1.54) is 4.90 Å². The first-order valence-electron chi connectivity index (χ1n) is 11.5. The van der Waals surface area contributed by atoms with Crippen LogP contribution in [0.25, 0.3) is 11.0 Å². The maximum absolute atomic E-state index is 13.5. The van der Waals surface area contributed by atoms with Gasteiger partial charge in [0.05, 0.1) is 30.2 Å². The van der Waals surface area contributed by atoms with Crippen LogP contribution in [0.3, 0.4) is 0 Å². The molecule has 0 saturated heterocycles. The number of benzene rings is 3. The predicted octanol–water partition coefficient (Wildman–Crippen LogP) is 4.31. The van der Waals surface area contributed by atoms with Crippen LogP contribution in [0.5, 0.6) is 11.5 Å². The summed E-state index contributed by atoms with van der Waals surface area (Å²) >= 11 is 0. The highest BCUT2D eigenvalue weighted by molar-refractivity contribution is 5.99. The van der Waals surface area contributed by atoms with E-state index in [1.54, 1.807) is 36.4 Å². The molecule has 0 radical (unpaired) electrons. The number of β-amino-alcohol motifs (C(OH)–C–C–N with tert-alkyl or cyclic N) is 1. The van der Waals surface area contributed by atoms with Gasteiger partial charge in [0.15, 0.2) is 16.9 Å². The van der Waals surface area contributed by atoms with Gasteiger partial charge in [-0.2, -0.15) is 0 Å². The molecule has 7 heteroatoms. The monoisotopic (exact) mass is 471 g/mol. The minimum atomic E-state index is -0.715. The van der Waals surface area contributed by atoms with Gasteiger partial charge in [0, 0.05) is 6.54 Å². The van der Waals surface area contributed by atoms with Gasteiger partial charge in [-0.25, -0.2) is 0 Å². The summed E-state index contributed by atoms with van der Waals surface area (Å²) in [4.78, 5) is 28.2. The zero-order valence-electron chi connectivity index (χ0n) is 19.3. The highest BCUT2D eigenvalue weighted by atomic mass is 16.5. The molecule has 4 aromatic rings. The highest BCUT2D eigenvalue weighted by Crippen LogP contribution is 2.41. The summed E-state index contributed by atoms with van der Waals surface area (Å²) in [5.74, 6) is 0.651.